The summed E-state index contributed by atoms with van der Waals surface area (Å²) in [5.41, 5.74) is 0.633. The van der Waals surface area contributed by atoms with Crippen LogP contribution >= 0.6 is 11.8 Å². The number of halogens is 1. The highest BCUT2D eigenvalue weighted by Gasteiger charge is 2.44. The van der Waals surface area contributed by atoms with Crippen molar-refractivity contribution in [3.8, 4) is 5.75 Å². The first-order valence-corrected chi connectivity index (χ1v) is 10.7. The number of pyridine rings is 1. The second-order valence-corrected chi connectivity index (χ2v) is 8.23. The molecule has 0 unspecified atom stereocenters. The van der Waals surface area contributed by atoms with E-state index in [0.29, 0.717) is 37.2 Å². The molecule has 2 heterocycles. The molecule has 1 aliphatic heterocycles. The summed E-state index contributed by atoms with van der Waals surface area (Å²) < 4.78 is 19.0. The van der Waals surface area contributed by atoms with Gasteiger partial charge in [0.2, 0.25) is 0 Å². The van der Waals surface area contributed by atoms with Crippen molar-refractivity contribution in [1.82, 2.24) is 9.88 Å². The average Bonchev–Trinajstić information content (AvgIpc) is 3.12. The van der Waals surface area contributed by atoms with Crippen molar-refractivity contribution in [1.29, 1.82) is 0 Å². The lowest BCUT2D eigenvalue weighted by molar-refractivity contribution is -0.0231. The number of carbonyl (C=O) groups is 1. The number of carbonyl (C=O) groups excluding carboxylic acids is 1. The van der Waals surface area contributed by atoms with Crippen molar-refractivity contribution in [3.63, 3.8) is 0 Å². The molecule has 1 amide bonds. The average molecular weight is 402 g/mol. The first kappa shape index (κ1) is 19.2. The van der Waals surface area contributed by atoms with Crippen LogP contribution in [0.25, 0.3) is 0 Å². The normalized spacial score (nSPS) is 26.8. The Morgan fingerprint density at radius 3 is 2.64 bits per heavy atom. The van der Waals surface area contributed by atoms with E-state index in [4.69, 9.17) is 4.74 Å². The topological polar surface area (TPSA) is 62.7 Å². The minimum Gasteiger partial charge on any atom is -0.488 e. The Morgan fingerprint density at radius 2 is 1.93 bits per heavy atom. The predicted octanol–water partition coefficient (Wildman–Crippen LogP) is 3.23. The van der Waals surface area contributed by atoms with E-state index >= 15 is 0 Å². The van der Waals surface area contributed by atoms with Gasteiger partial charge in [-0.05, 0) is 67.3 Å². The van der Waals surface area contributed by atoms with Crippen LogP contribution in [0.1, 0.15) is 23.2 Å². The number of aromatic nitrogens is 1. The van der Waals surface area contributed by atoms with Gasteiger partial charge in [-0.1, -0.05) is 0 Å². The van der Waals surface area contributed by atoms with E-state index in [-0.39, 0.29) is 29.7 Å². The van der Waals surface area contributed by atoms with Gasteiger partial charge in [-0.2, -0.15) is 0 Å². The van der Waals surface area contributed by atoms with E-state index in [1.807, 2.05) is 17.2 Å². The molecule has 1 N–H and O–H groups in total. The van der Waals surface area contributed by atoms with Gasteiger partial charge in [0.05, 0.1) is 11.7 Å². The summed E-state index contributed by atoms with van der Waals surface area (Å²) in [6.07, 6.45) is 3.94. The monoisotopic (exact) mass is 402 g/mol. The molecule has 0 radical (unpaired) electrons. The number of ether oxygens (including phenoxy) is 1. The van der Waals surface area contributed by atoms with Crippen molar-refractivity contribution < 1.29 is 19.0 Å². The van der Waals surface area contributed by atoms with Crippen LogP contribution in [0.2, 0.25) is 0 Å². The number of hydrogen-bond acceptors (Lipinski definition) is 5. The largest absolute Gasteiger partial charge is 0.488 e. The quantitative estimate of drug-likeness (QED) is 0.796. The van der Waals surface area contributed by atoms with Crippen molar-refractivity contribution in [2.75, 3.05) is 19.3 Å². The van der Waals surface area contributed by atoms with Gasteiger partial charge in [-0.3, -0.25) is 4.79 Å². The maximum Gasteiger partial charge on any atom is 0.256 e. The van der Waals surface area contributed by atoms with E-state index in [9.17, 15) is 14.3 Å². The number of likely N-dealkylation sites (tertiary alicyclic amines) is 1. The zero-order chi connectivity index (χ0) is 19.7. The van der Waals surface area contributed by atoms with Crippen molar-refractivity contribution in [3.05, 3.63) is 54.0 Å². The smallest absolute Gasteiger partial charge is 0.256 e. The number of aliphatic hydroxyl groups excluding tert-OH is 1. The van der Waals surface area contributed by atoms with Gasteiger partial charge in [0.25, 0.3) is 5.91 Å². The zero-order valence-corrected chi connectivity index (χ0v) is 16.4. The molecule has 2 fully saturated rings. The van der Waals surface area contributed by atoms with Crippen LogP contribution < -0.4 is 4.74 Å². The summed E-state index contributed by atoms with van der Waals surface area (Å²) in [5, 5.41) is 11.3. The molecule has 0 spiro atoms. The highest BCUT2D eigenvalue weighted by atomic mass is 32.2. The molecule has 0 bridgehead atoms. The lowest BCUT2D eigenvalue weighted by Gasteiger charge is -2.35. The molecule has 5 nitrogen and oxygen atoms in total. The Bertz CT molecular complexity index is 848. The fourth-order valence-corrected chi connectivity index (χ4v) is 4.80. The number of amides is 1. The number of aliphatic hydroxyl groups is 1. The highest BCUT2D eigenvalue weighted by molar-refractivity contribution is 7.98. The lowest BCUT2D eigenvalue weighted by Crippen LogP contribution is -2.42. The first-order chi connectivity index (χ1) is 13.5. The molecule has 1 saturated heterocycles. The van der Waals surface area contributed by atoms with E-state index in [1.54, 1.807) is 24.4 Å². The fourth-order valence-electron chi connectivity index (χ4n) is 4.26. The third-order valence-electron chi connectivity index (χ3n) is 5.67. The van der Waals surface area contributed by atoms with Gasteiger partial charge in [-0.25, -0.2) is 9.37 Å². The standard InChI is InChI=1S/C21H23FN2O3S/c1-28-20-17(3-2-8-23-20)21(26)24-11-13-9-18(25)19(10-14(13)12-24)27-16-6-4-15(22)5-7-16/h2-8,13-14,18-19,25H,9-12H2,1H3/t13-,14+,18+,19+/m0/s1. The minimum absolute atomic E-state index is 0.00246. The maximum absolute atomic E-state index is 13.1. The van der Waals surface area contributed by atoms with Gasteiger partial charge < -0.3 is 14.7 Å². The van der Waals surface area contributed by atoms with Crippen LogP contribution in [-0.4, -0.2) is 52.5 Å². The Morgan fingerprint density at radius 1 is 1.21 bits per heavy atom. The van der Waals surface area contributed by atoms with Crippen LogP contribution in [0, 0.1) is 17.7 Å². The second kappa shape index (κ2) is 8.09. The van der Waals surface area contributed by atoms with Gasteiger partial charge in [0, 0.05) is 19.3 Å². The Kier molecular flexibility index (Phi) is 5.55. The molecule has 148 valence electrons. The Hall–Kier alpha value is -2.12. The van der Waals surface area contributed by atoms with Crippen molar-refractivity contribution >= 4 is 17.7 Å². The van der Waals surface area contributed by atoms with Crippen LogP contribution in [-0.2, 0) is 0 Å². The first-order valence-electron chi connectivity index (χ1n) is 9.43. The summed E-state index contributed by atoms with van der Waals surface area (Å²) in [4.78, 5) is 19.2. The van der Waals surface area contributed by atoms with Crippen LogP contribution in [0.15, 0.2) is 47.6 Å². The summed E-state index contributed by atoms with van der Waals surface area (Å²) in [7, 11) is 0. The molecule has 7 heteroatoms. The second-order valence-electron chi connectivity index (χ2n) is 7.44. The van der Waals surface area contributed by atoms with E-state index in [1.165, 1.54) is 23.9 Å². The number of thioether (sulfide) groups is 1. The van der Waals surface area contributed by atoms with Gasteiger partial charge in [0.1, 0.15) is 22.7 Å². The van der Waals surface area contributed by atoms with Gasteiger partial charge in [-0.15, -0.1) is 11.8 Å². The number of fused-ring (bicyclic) bond motifs is 1. The number of rotatable bonds is 4. The Balaban J connectivity index is 1.44. The van der Waals surface area contributed by atoms with E-state index in [0.717, 1.165) is 5.03 Å². The Labute approximate surface area is 167 Å². The van der Waals surface area contributed by atoms with Crippen molar-refractivity contribution in [2.45, 2.75) is 30.1 Å². The molecule has 2 aromatic rings. The van der Waals surface area contributed by atoms with E-state index in [2.05, 4.69) is 4.98 Å². The van der Waals surface area contributed by atoms with Crippen LogP contribution in [0.3, 0.4) is 0 Å². The molecule has 1 aliphatic carbocycles. The van der Waals surface area contributed by atoms with E-state index < -0.39 is 6.10 Å². The van der Waals surface area contributed by atoms with Crippen molar-refractivity contribution in [2.24, 2.45) is 11.8 Å². The third-order valence-corrected chi connectivity index (χ3v) is 6.38. The molecule has 1 aromatic carbocycles. The number of nitrogens with zero attached hydrogens (tertiary/aromatic N) is 2. The number of benzene rings is 1. The molecule has 4 rings (SSSR count). The molecule has 2 aliphatic rings. The summed E-state index contributed by atoms with van der Waals surface area (Å²) in [5.74, 6) is 0.780. The predicted molar refractivity (Wildman–Crippen MR) is 105 cm³/mol. The summed E-state index contributed by atoms with van der Waals surface area (Å²) in [6, 6.07) is 9.45. The molecular weight excluding hydrogens is 379 g/mol. The minimum atomic E-state index is -0.596. The number of hydrogen-bond donors (Lipinski definition) is 1. The molecule has 1 saturated carbocycles. The highest BCUT2D eigenvalue weighted by Crippen LogP contribution is 2.38. The van der Waals surface area contributed by atoms with Crippen LogP contribution in [0.5, 0.6) is 5.75 Å². The molecule has 28 heavy (non-hydrogen) atoms. The molecular formula is C21H23FN2O3S. The SMILES string of the molecule is CSc1ncccc1C(=O)N1C[C@H]2C[C@@H](Oc3ccc(F)cc3)[C@H](O)C[C@H]2C1. The fraction of sp³-hybridized carbons (Fsp3) is 0.429. The molecule has 1 aromatic heterocycles. The summed E-state index contributed by atoms with van der Waals surface area (Å²) in [6.45, 7) is 1.30. The third kappa shape index (κ3) is 3.86. The van der Waals surface area contributed by atoms with Gasteiger partial charge >= 0.3 is 0 Å². The molecule has 4 atom stereocenters. The lowest BCUT2D eigenvalue weighted by atomic mass is 9.78. The summed E-state index contributed by atoms with van der Waals surface area (Å²) >= 11 is 1.47. The van der Waals surface area contributed by atoms with Crippen LogP contribution in [0.4, 0.5) is 4.39 Å². The zero-order valence-electron chi connectivity index (χ0n) is 15.6. The van der Waals surface area contributed by atoms with Gasteiger partial charge in [0.15, 0.2) is 0 Å². The maximum atomic E-state index is 13.1.